The maximum atomic E-state index is 13.9. The van der Waals surface area contributed by atoms with Crippen LogP contribution in [0, 0.1) is 5.82 Å². The number of nitrogens with zero attached hydrogens (tertiary/aromatic N) is 2. The van der Waals surface area contributed by atoms with E-state index in [4.69, 9.17) is 0 Å². The highest BCUT2D eigenvalue weighted by Gasteiger charge is 2.48. The number of aromatic nitrogens is 1. The molecule has 2 amide bonds. The van der Waals surface area contributed by atoms with Crippen molar-refractivity contribution in [3.63, 3.8) is 0 Å². The molecule has 3 aromatic rings. The highest BCUT2D eigenvalue weighted by Crippen LogP contribution is 2.34. The minimum Gasteiger partial charge on any atom is -0.351 e. The first-order valence-corrected chi connectivity index (χ1v) is 11.6. The average molecular weight is 446 g/mol. The molecule has 33 heavy (non-hydrogen) atoms. The smallest absolute Gasteiger partial charge is 0.271 e. The minimum atomic E-state index is -1.11. The SMILES string of the molecule is C[C@@]1(C(=O)NC2CCCC2)Cn2c(ccc2-c2ccccc2)C(=O)N1Cc1cccc(F)c1. The Morgan fingerprint density at radius 3 is 2.48 bits per heavy atom. The van der Waals surface area contributed by atoms with E-state index < -0.39 is 5.54 Å². The zero-order valence-electron chi connectivity index (χ0n) is 18.8. The molecule has 1 aromatic heterocycles. The lowest BCUT2D eigenvalue weighted by atomic mass is 9.93. The van der Waals surface area contributed by atoms with Crippen LogP contribution in [0.3, 0.4) is 0 Å². The summed E-state index contributed by atoms with van der Waals surface area (Å²) in [6, 6.07) is 20.0. The van der Waals surface area contributed by atoms with Gasteiger partial charge in [0.1, 0.15) is 17.1 Å². The van der Waals surface area contributed by atoms with Gasteiger partial charge in [-0.25, -0.2) is 4.39 Å². The molecule has 0 unspecified atom stereocenters. The van der Waals surface area contributed by atoms with Crippen molar-refractivity contribution in [2.24, 2.45) is 0 Å². The number of nitrogens with one attached hydrogen (secondary N) is 1. The molecule has 2 heterocycles. The second-order valence-corrected chi connectivity index (χ2v) is 9.31. The van der Waals surface area contributed by atoms with Crippen molar-refractivity contribution in [2.45, 2.75) is 57.3 Å². The van der Waals surface area contributed by atoms with E-state index in [1.54, 1.807) is 17.0 Å². The van der Waals surface area contributed by atoms with Crippen molar-refractivity contribution in [3.8, 4) is 11.3 Å². The number of amides is 2. The van der Waals surface area contributed by atoms with Crippen molar-refractivity contribution in [1.82, 2.24) is 14.8 Å². The Kier molecular flexibility index (Phi) is 5.52. The summed E-state index contributed by atoms with van der Waals surface area (Å²) in [7, 11) is 0. The summed E-state index contributed by atoms with van der Waals surface area (Å²) in [5.41, 5.74) is 1.99. The van der Waals surface area contributed by atoms with Crippen LogP contribution in [0.1, 0.15) is 48.7 Å². The molecule has 1 aliphatic heterocycles. The van der Waals surface area contributed by atoms with Gasteiger partial charge in [-0.2, -0.15) is 0 Å². The van der Waals surface area contributed by atoms with E-state index in [2.05, 4.69) is 5.32 Å². The fraction of sp³-hybridized carbons (Fsp3) is 0.333. The van der Waals surface area contributed by atoms with Crippen LogP contribution in [0.25, 0.3) is 11.3 Å². The largest absolute Gasteiger partial charge is 0.351 e. The lowest BCUT2D eigenvalue weighted by molar-refractivity contribution is -0.133. The Morgan fingerprint density at radius 2 is 1.76 bits per heavy atom. The summed E-state index contributed by atoms with van der Waals surface area (Å²) in [6.45, 7) is 2.32. The van der Waals surface area contributed by atoms with Crippen LogP contribution in [0.15, 0.2) is 66.7 Å². The zero-order valence-corrected chi connectivity index (χ0v) is 18.8. The summed E-state index contributed by atoms with van der Waals surface area (Å²) in [4.78, 5) is 29.0. The van der Waals surface area contributed by atoms with Crippen LogP contribution in [0.4, 0.5) is 4.39 Å². The van der Waals surface area contributed by atoms with Gasteiger partial charge in [0.25, 0.3) is 5.91 Å². The molecular weight excluding hydrogens is 417 g/mol. The normalized spacial score (nSPS) is 20.7. The van der Waals surface area contributed by atoms with Gasteiger partial charge in [0.05, 0.1) is 6.54 Å². The summed E-state index contributed by atoms with van der Waals surface area (Å²) in [5, 5.41) is 3.20. The summed E-state index contributed by atoms with van der Waals surface area (Å²) in [5.74, 6) is -0.738. The third-order valence-electron chi connectivity index (χ3n) is 6.99. The van der Waals surface area contributed by atoms with E-state index in [1.165, 1.54) is 12.1 Å². The molecule has 5 nitrogen and oxygen atoms in total. The Balaban J connectivity index is 1.55. The minimum absolute atomic E-state index is 0.139. The van der Waals surface area contributed by atoms with E-state index >= 15 is 0 Å². The van der Waals surface area contributed by atoms with Crippen molar-refractivity contribution in [3.05, 3.63) is 83.8 Å². The molecule has 1 atom stereocenters. The fourth-order valence-corrected chi connectivity index (χ4v) is 5.11. The predicted octanol–water partition coefficient (Wildman–Crippen LogP) is 4.77. The quantitative estimate of drug-likeness (QED) is 0.615. The number of carbonyl (C=O) groups is 2. The summed E-state index contributed by atoms with van der Waals surface area (Å²) < 4.78 is 15.8. The number of fused-ring (bicyclic) bond motifs is 1. The Labute approximate surface area is 193 Å². The molecule has 2 aromatic carbocycles. The highest BCUT2D eigenvalue weighted by atomic mass is 19.1. The number of hydrogen-bond donors (Lipinski definition) is 1. The zero-order chi connectivity index (χ0) is 23.0. The molecule has 170 valence electrons. The molecule has 0 spiro atoms. The predicted molar refractivity (Wildman–Crippen MR) is 125 cm³/mol. The molecule has 1 N–H and O–H groups in total. The van der Waals surface area contributed by atoms with E-state index in [0.29, 0.717) is 17.8 Å². The lowest BCUT2D eigenvalue weighted by Gasteiger charge is -2.45. The molecule has 1 saturated carbocycles. The van der Waals surface area contributed by atoms with E-state index in [1.807, 2.05) is 54.0 Å². The fourth-order valence-electron chi connectivity index (χ4n) is 5.11. The van der Waals surface area contributed by atoms with Gasteiger partial charge in [-0.05, 0) is 55.2 Å². The first-order valence-electron chi connectivity index (χ1n) is 11.6. The molecule has 0 bridgehead atoms. The first kappa shape index (κ1) is 21.4. The number of rotatable bonds is 5. The van der Waals surface area contributed by atoms with Gasteiger partial charge >= 0.3 is 0 Å². The number of hydrogen-bond acceptors (Lipinski definition) is 2. The highest BCUT2D eigenvalue weighted by molar-refractivity contribution is 6.00. The van der Waals surface area contributed by atoms with Gasteiger partial charge in [-0.15, -0.1) is 0 Å². The van der Waals surface area contributed by atoms with Crippen molar-refractivity contribution < 1.29 is 14.0 Å². The van der Waals surface area contributed by atoms with Gasteiger partial charge < -0.3 is 14.8 Å². The molecule has 1 fully saturated rings. The van der Waals surface area contributed by atoms with Crippen LogP contribution in [0.5, 0.6) is 0 Å². The number of benzene rings is 2. The monoisotopic (exact) mass is 445 g/mol. The van der Waals surface area contributed by atoms with E-state index in [0.717, 1.165) is 36.9 Å². The van der Waals surface area contributed by atoms with Gasteiger partial charge in [0.2, 0.25) is 5.91 Å². The molecule has 5 rings (SSSR count). The Hall–Kier alpha value is -3.41. The maximum Gasteiger partial charge on any atom is 0.271 e. The summed E-state index contributed by atoms with van der Waals surface area (Å²) in [6.07, 6.45) is 4.13. The second-order valence-electron chi connectivity index (χ2n) is 9.31. The van der Waals surface area contributed by atoms with Crippen molar-refractivity contribution in [1.29, 1.82) is 0 Å². The van der Waals surface area contributed by atoms with Crippen molar-refractivity contribution >= 4 is 11.8 Å². The Morgan fingerprint density at radius 1 is 1.03 bits per heavy atom. The molecule has 6 heteroatoms. The van der Waals surface area contributed by atoms with Crippen LogP contribution in [-0.4, -0.2) is 32.9 Å². The third kappa shape index (κ3) is 3.94. The summed E-state index contributed by atoms with van der Waals surface area (Å²) >= 11 is 0. The maximum absolute atomic E-state index is 13.9. The third-order valence-corrected chi connectivity index (χ3v) is 6.99. The van der Waals surface area contributed by atoms with Crippen LogP contribution < -0.4 is 5.32 Å². The van der Waals surface area contributed by atoms with Crippen LogP contribution in [-0.2, 0) is 17.9 Å². The first-order chi connectivity index (χ1) is 16.0. The molecule has 0 radical (unpaired) electrons. The number of halogens is 1. The standard InChI is InChI=1S/C27H28FN3O2/c1-27(26(33)29-22-12-5-6-13-22)18-30-23(20-9-3-2-4-10-20)14-15-24(30)25(32)31(27)17-19-8-7-11-21(28)16-19/h2-4,7-11,14-16,22H,5-6,12-13,17-18H2,1H3,(H,29,33)/t27-/m0/s1. The van der Waals surface area contributed by atoms with Gasteiger partial charge in [-0.3, -0.25) is 9.59 Å². The second kappa shape index (κ2) is 8.50. The van der Waals surface area contributed by atoms with Crippen molar-refractivity contribution in [2.75, 3.05) is 0 Å². The Bertz CT molecular complexity index is 1180. The van der Waals surface area contributed by atoms with E-state index in [-0.39, 0.29) is 30.2 Å². The molecular formula is C27H28FN3O2. The molecule has 1 aliphatic carbocycles. The topological polar surface area (TPSA) is 54.3 Å². The average Bonchev–Trinajstić information content (AvgIpc) is 3.47. The lowest BCUT2D eigenvalue weighted by Crippen LogP contribution is -2.64. The van der Waals surface area contributed by atoms with Gasteiger partial charge in [0, 0.05) is 18.3 Å². The van der Waals surface area contributed by atoms with Gasteiger partial charge in [-0.1, -0.05) is 55.3 Å². The molecule has 2 aliphatic rings. The van der Waals surface area contributed by atoms with Crippen LogP contribution in [0.2, 0.25) is 0 Å². The van der Waals surface area contributed by atoms with Crippen LogP contribution >= 0.6 is 0 Å². The van der Waals surface area contributed by atoms with Gasteiger partial charge in [0.15, 0.2) is 0 Å². The number of carbonyl (C=O) groups excluding carboxylic acids is 2. The van der Waals surface area contributed by atoms with E-state index in [9.17, 15) is 14.0 Å². The molecule has 0 saturated heterocycles.